The van der Waals surface area contributed by atoms with Gasteiger partial charge in [-0.05, 0) is 17.7 Å². The highest BCUT2D eigenvalue weighted by molar-refractivity contribution is 7.89. The predicted octanol–water partition coefficient (Wildman–Crippen LogP) is 1.59. The van der Waals surface area contributed by atoms with Gasteiger partial charge < -0.3 is 0 Å². The highest BCUT2D eigenvalue weighted by Gasteiger charge is 2.06. The molecule has 1 aromatic rings. The van der Waals surface area contributed by atoms with Gasteiger partial charge in [0.2, 0.25) is 10.0 Å². The van der Waals surface area contributed by atoms with Crippen molar-refractivity contribution >= 4 is 27.7 Å². The van der Waals surface area contributed by atoms with Crippen LogP contribution in [-0.4, -0.2) is 14.3 Å². The normalized spacial score (nSPS) is 12.1. The summed E-state index contributed by atoms with van der Waals surface area (Å²) in [5.41, 5.74) is 0.761. The second-order valence-electron chi connectivity index (χ2n) is 2.67. The minimum Gasteiger partial charge on any atom is -0.225 e. The standard InChI is InChI=1S/C9H10ClNO2S/c10-6-2-4-8-3-1-5-9(7-8)14(11,12)13/h1-5,7H,6H2,(H2,11,12,13). The number of hydrogen-bond acceptors (Lipinski definition) is 2. The molecule has 0 unspecified atom stereocenters. The van der Waals surface area contributed by atoms with Crippen LogP contribution in [0.2, 0.25) is 0 Å². The van der Waals surface area contributed by atoms with Gasteiger partial charge in [0, 0.05) is 5.88 Å². The quantitative estimate of drug-likeness (QED) is 0.803. The van der Waals surface area contributed by atoms with Gasteiger partial charge in [-0.3, -0.25) is 0 Å². The average Bonchev–Trinajstić information content (AvgIpc) is 2.14. The summed E-state index contributed by atoms with van der Waals surface area (Å²) in [5.74, 6) is 0.388. The molecule has 0 fully saturated rings. The van der Waals surface area contributed by atoms with Crippen LogP contribution in [0.4, 0.5) is 0 Å². The van der Waals surface area contributed by atoms with Crippen LogP contribution >= 0.6 is 11.6 Å². The first-order valence-electron chi connectivity index (χ1n) is 3.89. The number of primary sulfonamides is 1. The molecular formula is C9H10ClNO2S. The molecule has 1 rings (SSSR count). The lowest BCUT2D eigenvalue weighted by Gasteiger charge is -1.98. The third-order valence-corrected chi connectivity index (χ3v) is 2.68. The Bertz CT molecular complexity index is 440. The highest BCUT2D eigenvalue weighted by Crippen LogP contribution is 2.10. The molecule has 0 spiro atoms. The van der Waals surface area contributed by atoms with Crippen molar-refractivity contribution in [3.63, 3.8) is 0 Å². The van der Waals surface area contributed by atoms with E-state index in [1.807, 2.05) is 0 Å². The van der Waals surface area contributed by atoms with Crippen LogP contribution < -0.4 is 5.14 Å². The summed E-state index contributed by atoms with van der Waals surface area (Å²) in [7, 11) is -3.62. The predicted molar refractivity (Wildman–Crippen MR) is 57.6 cm³/mol. The van der Waals surface area contributed by atoms with Gasteiger partial charge in [0.05, 0.1) is 4.90 Å². The molecule has 0 amide bonds. The van der Waals surface area contributed by atoms with Crippen molar-refractivity contribution in [2.75, 3.05) is 5.88 Å². The van der Waals surface area contributed by atoms with E-state index < -0.39 is 10.0 Å². The summed E-state index contributed by atoms with van der Waals surface area (Å²) < 4.78 is 22.0. The summed E-state index contributed by atoms with van der Waals surface area (Å²) >= 11 is 5.45. The molecule has 0 aliphatic carbocycles. The second kappa shape index (κ2) is 4.59. The largest absolute Gasteiger partial charge is 0.238 e. The zero-order chi connectivity index (χ0) is 10.6. The fourth-order valence-corrected chi connectivity index (χ4v) is 1.63. The van der Waals surface area contributed by atoms with Crippen LogP contribution in [0, 0.1) is 0 Å². The minimum atomic E-state index is -3.62. The third-order valence-electron chi connectivity index (χ3n) is 1.59. The maximum absolute atomic E-state index is 11.0. The molecule has 0 aromatic heterocycles. The number of benzene rings is 1. The lowest BCUT2D eigenvalue weighted by Crippen LogP contribution is -2.11. The van der Waals surface area contributed by atoms with Crippen LogP contribution in [0.15, 0.2) is 35.2 Å². The Kier molecular flexibility index (Phi) is 3.69. The Morgan fingerprint density at radius 2 is 2.14 bits per heavy atom. The monoisotopic (exact) mass is 231 g/mol. The van der Waals surface area contributed by atoms with Gasteiger partial charge in [0.25, 0.3) is 0 Å². The Labute approximate surface area is 88.2 Å². The van der Waals surface area contributed by atoms with Crippen LogP contribution in [-0.2, 0) is 10.0 Å². The van der Waals surface area contributed by atoms with E-state index in [2.05, 4.69) is 0 Å². The zero-order valence-electron chi connectivity index (χ0n) is 7.35. The summed E-state index contributed by atoms with van der Waals surface area (Å²) in [6.07, 6.45) is 3.46. The minimum absolute atomic E-state index is 0.106. The molecule has 0 saturated heterocycles. The lowest BCUT2D eigenvalue weighted by atomic mass is 10.2. The zero-order valence-corrected chi connectivity index (χ0v) is 8.92. The molecule has 5 heteroatoms. The Morgan fingerprint density at radius 3 is 2.71 bits per heavy atom. The van der Waals surface area contributed by atoms with Gasteiger partial charge in [0.1, 0.15) is 0 Å². The van der Waals surface area contributed by atoms with E-state index >= 15 is 0 Å². The van der Waals surface area contributed by atoms with E-state index in [1.165, 1.54) is 12.1 Å². The Hall–Kier alpha value is -0.840. The second-order valence-corrected chi connectivity index (χ2v) is 4.54. The van der Waals surface area contributed by atoms with Crippen molar-refractivity contribution in [3.05, 3.63) is 35.9 Å². The van der Waals surface area contributed by atoms with E-state index in [9.17, 15) is 8.42 Å². The van der Waals surface area contributed by atoms with Crippen molar-refractivity contribution in [1.29, 1.82) is 0 Å². The van der Waals surface area contributed by atoms with Gasteiger partial charge >= 0.3 is 0 Å². The van der Waals surface area contributed by atoms with Crippen LogP contribution in [0.25, 0.3) is 6.08 Å². The lowest BCUT2D eigenvalue weighted by molar-refractivity contribution is 0.598. The van der Waals surface area contributed by atoms with Gasteiger partial charge in [-0.25, -0.2) is 13.6 Å². The summed E-state index contributed by atoms with van der Waals surface area (Å²) in [4.78, 5) is 0.106. The number of halogens is 1. The molecule has 0 heterocycles. The van der Waals surface area contributed by atoms with E-state index in [-0.39, 0.29) is 4.90 Å². The van der Waals surface area contributed by atoms with Crippen molar-refractivity contribution in [1.82, 2.24) is 0 Å². The summed E-state index contributed by atoms with van der Waals surface area (Å²) in [6.45, 7) is 0. The van der Waals surface area contributed by atoms with Gasteiger partial charge in [-0.15, -0.1) is 11.6 Å². The third kappa shape index (κ3) is 3.14. The van der Waals surface area contributed by atoms with Crippen LogP contribution in [0.3, 0.4) is 0 Å². The number of hydrogen-bond donors (Lipinski definition) is 1. The molecule has 0 aliphatic rings. The van der Waals surface area contributed by atoms with E-state index in [0.717, 1.165) is 5.56 Å². The van der Waals surface area contributed by atoms with E-state index in [0.29, 0.717) is 5.88 Å². The molecule has 0 saturated carbocycles. The van der Waals surface area contributed by atoms with E-state index in [1.54, 1.807) is 24.3 Å². The van der Waals surface area contributed by atoms with Crippen molar-refractivity contribution in [2.24, 2.45) is 5.14 Å². The SMILES string of the molecule is NS(=O)(=O)c1cccc(C=CCCl)c1. The fourth-order valence-electron chi connectivity index (χ4n) is 0.976. The number of allylic oxidation sites excluding steroid dienone is 1. The van der Waals surface area contributed by atoms with Gasteiger partial charge in [0.15, 0.2) is 0 Å². The smallest absolute Gasteiger partial charge is 0.225 e. The van der Waals surface area contributed by atoms with E-state index in [4.69, 9.17) is 16.7 Å². The molecule has 0 atom stereocenters. The maximum atomic E-state index is 11.0. The van der Waals surface area contributed by atoms with Crippen LogP contribution in [0.1, 0.15) is 5.56 Å². The van der Waals surface area contributed by atoms with Gasteiger partial charge in [-0.2, -0.15) is 0 Å². The Morgan fingerprint density at radius 1 is 1.43 bits per heavy atom. The fraction of sp³-hybridized carbons (Fsp3) is 0.111. The molecule has 2 N–H and O–H groups in total. The summed E-state index contributed by atoms with van der Waals surface area (Å²) in [5, 5.41) is 4.98. The van der Waals surface area contributed by atoms with Crippen molar-refractivity contribution in [3.8, 4) is 0 Å². The number of rotatable bonds is 3. The molecular weight excluding hydrogens is 222 g/mol. The first kappa shape index (κ1) is 11.2. The number of sulfonamides is 1. The molecule has 1 aromatic carbocycles. The topological polar surface area (TPSA) is 60.2 Å². The molecule has 3 nitrogen and oxygen atoms in total. The molecule has 0 aliphatic heterocycles. The van der Waals surface area contributed by atoms with Crippen molar-refractivity contribution < 1.29 is 8.42 Å². The Balaban J connectivity index is 3.08. The molecule has 0 radical (unpaired) electrons. The number of alkyl halides is 1. The maximum Gasteiger partial charge on any atom is 0.238 e. The number of nitrogens with two attached hydrogens (primary N) is 1. The molecule has 14 heavy (non-hydrogen) atoms. The summed E-state index contributed by atoms with van der Waals surface area (Å²) in [6, 6.07) is 6.36. The van der Waals surface area contributed by atoms with Crippen LogP contribution in [0.5, 0.6) is 0 Å². The first-order valence-corrected chi connectivity index (χ1v) is 5.97. The highest BCUT2D eigenvalue weighted by atomic mass is 35.5. The first-order chi connectivity index (χ1) is 6.54. The van der Waals surface area contributed by atoms with Crippen molar-refractivity contribution in [2.45, 2.75) is 4.90 Å². The van der Waals surface area contributed by atoms with Gasteiger partial charge in [-0.1, -0.05) is 24.3 Å². The average molecular weight is 232 g/mol. The molecule has 0 bridgehead atoms. The molecule has 76 valence electrons.